The van der Waals surface area contributed by atoms with E-state index in [2.05, 4.69) is 36.4 Å². The number of hydrogen-bond acceptors (Lipinski definition) is 3. The number of pyridine rings is 1. The third kappa shape index (κ3) is 6.61. The van der Waals surface area contributed by atoms with Crippen LogP contribution in [-0.2, 0) is 0 Å². The van der Waals surface area contributed by atoms with Crippen molar-refractivity contribution in [2.45, 2.75) is 52.9 Å². The van der Waals surface area contributed by atoms with E-state index in [1.165, 1.54) is 19.3 Å². The topological polar surface area (TPSA) is 54.0 Å². The monoisotopic (exact) mass is 291 g/mol. The fourth-order valence-corrected chi connectivity index (χ4v) is 2.17. The lowest BCUT2D eigenvalue weighted by atomic mass is 9.99. The number of carbonyl (C=O) groups excluding carboxylic acids is 1. The maximum Gasteiger partial charge on any atom is 0.252 e. The van der Waals surface area contributed by atoms with E-state index in [1.807, 2.05) is 12.1 Å². The fraction of sp³-hybridized carbons (Fsp3) is 0.647. The Morgan fingerprint density at radius 3 is 2.62 bits per heavy atom. The van der Waals surface area contributed by atoms with Crippen molar-refractivity contribution in [2.75, 3.05) is 18.4 Å². The molecule has 0 aliphatic heterocycles. The zero-order valence-corrected chi connectivity index (χ0v) is 13.6. The van der Waals surface area contributed by atoms with Crippen molar-refractivity contribution in [3.05, 3.63) is 23.9 Å². The summed E-state index contributed by atoms with van der Waals surface area (Å²) in [6.07, 6.45) is 7.43. The molecule has 1 aromatic heterocycles. The van der Waals surface area contributed by atoms with Crippen LogP contribution >= 0.6 is 0 Å². The van der Waals surface area contributed by atoms with Crippen molar-refractivity contribution in [3.63, 3.8) is 0 Å². The zero-order valence-electron chi connectivity index (χ0n) is 13.6. The minimum atomic E-state index is -0.0283. The number of carbonyl (C=O) groups is 1. The Kier molecular flexibility index (Phi) is 8.48. The largest absolute Gasteiger partial charge is 0.370 e. The molecule has 0 aliphatic carbocycles. The van der Waals surface area contributed by atoms with Crippen molar-refractivity contribution in [3.8, 4) is 0 Å². The Hall–Kier alpha value is -1.58. The number of aromatic nitrogens is 1. The number of amides is 1. The van der Waals surface area contributed by atoms with Gasteiger partial charge in [-0.25, -0.2) is 4.98 Å². The van der Waals surface area contributed by atoms with Crippen LogP contribution in [-0.4, -0.2) is 24.0 Å². The van der Waals surface area contributed by atoms with Gasteiger partial charge < -0.3 is 10.6 Å². The van der Waals surface area contributed by atoms with Gasteiger partial charge in [0.1, 0.15) is 5.82 Å². The molecule has 0 aromatic carbocycles. The van der Waals surface area contributed by atoms with Crippen LogP contribution in [0, 0.1) is 5.92 Å². The van der Waals surface area contributed by atoms with Crippen LogP contribution in [0.1, 0.15) is 63.2 Å². The van der Waals surface area contributed by atoms with Gasteiger partial charge in [0, 0.05) is 19.3 Å². The summed E-state index contributed by atoms with van der Waals surface area (Å²) in [7, 11) is 0. The molecule has 0 saturated carbocycles. The minimum absolute atomic E-state index is 0.0283. The Morgan fingerprint density at radius 1 is 1.24 bits per heavy atom. The van der Waals surface area contributed by atoms with E-state index in [0.29, 0.717) is 11.5 Å². The van der Waals surface area contributed by atoms with Crippen LogP contribution in [0.15, 0.2) is 18.3 Å². The van der Waals surface area contributed by atoms with E-state index in [-0.39, 0.29) is 5.91 Å². The van der Waals surface area contributed by atoms with Gasteiger partial charge in [0.05, 0.1) is 5.56 Å². The highest BCUT2D eigenvalue weighted by molar-refractivity contribution is 5.94. The minimum Gasteiger partial charge on any atom is -0.370 e. The van der Waals surface area contributed by atoms with Gasteiger partial charge in [-0.3, -0.25) is 4.79 Å². The number of unbranched alkanes of at least 4 members (excludes halogenated alkanes) is 1. The smallest absolute Gasteiger partial charge is 0.252 e. The first-order valence-electron chi connectivity index (χ1n) is 8.19. The molecule has 4 heteroatoms. The Morgan fingerprint density at radius 2 is 2.05 bits per heavy atom. The van der Waals surface area contributed by atoms with Crippen LogP contribution in [0.2, 0.25) is 0 Å². The van der Waals surface area contributed by atoms with E-state index >= 15 is 0 Å². The highest BCUT2D eigenvalue weighted by Gasteiger charge is 2.10. The predicted molar refractivity (Wildman–Crippen MR) is 88.7 cm³/mol. The highest BCUT2D eigenvalue weighted by Crippen LogP contribution is 2.12. The molecule has 0 radical (unpaired) electrons. The first-order chi connectivity index (χ1) is 10.2. The van der Waals surface area contributed by atoms with Crippen molar-refractivity contribution >= 4 is 11.7 Å². The zero-order chi connectivity index (χ0) is 15.5. The van der Waals surface area contributed by atoms with Crippen molar-refractivity contribution in [2.24, 2.45) is 5.92 Å². The van der Waals surface area contributed by atoms with Crippen molar-refractivity contribution in [1.29, 1.82) is 0 Å². The second-order valence-corrected chi connectivity index (χ2v) is 5.49. The third-order valence-corrected chi connectivity index (χ3v) is 3.68. The highest BCUT2D eigenvalue weighted by atomic mass is 16.1. The molecule has 1 unspecified atom stereocenters. The standard InChI is InChI=1S/C17H29N3O/c1-4-7-8-14(6-3)12-20-17(21)15-9-10-16(19-13-15)18-11-5-2/h9-10,13-14H,4-8,11-12H2,1-3H3,(H,18,19)(H,20,21). The molecule has 1 heterocycles. The van der Waals surface area contributed by atoms with Crippen LogP contribution in [0.4, 0.5) is 5.82 Å². The van der Waals surface area contributed by atoms with Crippen LogP contribution in [0.25, 0.3) is 0 Å². The molecule has 0 saturated heterocycles. The number of anilines is 1. The van der Waals surface area contributed by atoms with Gasteiger partial charge in [0.15, 0.2) is 0 Å². The summed E-state index contributed by atoms with van der Waals surface area (Å²) < 4.78 is 0. The molecular weight excluding hydrogens is 262 g/mol. The van der Waals surface area contributed by atoms with Gasteiger partial charge >= 0.3 is 0 Å². The summed E-state index contributed by atoms with van der Waals surface area (Å²) in [4.78, 5) is 16.4. The van der Waals surface area contributed by atoms with E-state index in [0.717, 1.165) is 31.7 Å². The van der Waals surface area contributed by atoms with Gasteiger partial charge in [-0.1, -0.05) is 40.0 Å². The van der Waals surface area contributed by atoms with Crippen LogP contribution in [0.5, 0.6) is 0 Å². The molecule has 21 heavy (non-hydrogen) atoms. The molecule has 0 fully saturated rings. The lowest BCUT2D eigenvalue weighted by molar-refractivity contribution is 0.0945. The molecule has 1 rings (SSSR count). The fourth-order valence-electron chi connectivity index (χ4n) is 2.17. The van der Waals surface area contributed by atoms with Crippen molar-refractivity contribution < 1.29 is 4.79 Å². The molecule has 1 atom stereocenters. The van der Waals surface area contributed by atoms with E-state index in [4.69, 9.17) is 0 Å². The Bertz CT molecular complexity index is 403. The summed E-state index contributed by atoms with van der Waals surface area (Å²) in [6.45, 7) is 8.14. The average Bonchev–Trinajstić information content (AvgIpc) is 2.53. The van der Waals surface area contributed by atoms with E-state index in [9.17, 15) is 4.79 Å². The summed E-state index contributed by atoms with van der Waals surface area (Å²) in [6, 6.07) is 3.69. The number of nitrogens with zero attached hydrogens (tertiary/aromatic N) is 1. The lowest BCUT2D eigenvalue weighted by Gasteiger charge is -2.15. The normalized spacial score (nSPS) is 12.0. The van der Waals surface area contributed by atoms with Crippen LogP contribution in [0.3, 0.4) is 0 Å². The van der Waals surface area contributed by atoms with Gasteiger partial charge in [0.25, 0.3) is 5.91 Å². The molecule has 1 amide bonds. The first-order valence-corrected chi connectivity index (χ1v) is 8.19. The van der Waals surface area contributed by atoms with E-state index < -0.39 is 0 Å². The predicted octanol–water partition coefficient (Wildman–Crippen LogP) is 3.85. The molecule has 0 spiro atoms. The Labute approximate surface area is 128 Å². The van der Waals surface area contributed by atoms with Gasteiger partial charge in [0.2, 0.25) is 0 Å². The quantitative estimate of drug-likeness (QED) is 0.688. The summed E-state index contributed by atoms with van der Waals surface area (Å²) in [5, 5.41) is 6.22. The second kappa shape index (κ2) is 10.2. The molecule has 4 nitrogen and oxygen atoms in total. The second-order valence-electron chi connectivity index (χ2n) is 5.49. The van der Waals surface area contributed by atoms with Crippen LogP contribution < -0.4 is 10.6 Å². The number of rotatable bonds is 10. The maximum atomic E-state index is 12.1. The van der Waals surface area contributed by atoms with Gasteiger partial charge in [-0.15, -0.1) is 0 Å². The number of nitrogens with one attached hydrogen (secondary N) is 2. The lowest BCUT2D eigenvalue weighted by Crippen LogP contribution is -2.29. The molecule has 118 valence electrons. The van der Waals surface area contributed by atoms with Crippen molar-refractivity contribution in [1.82, 2.24) is 10.3 Å². The third-order valence-electron chi connectivity index (χ3n) is 3.68. The SMILES string of the molecule is CCCCC(CC)CNC(=O)c1ccc(NCCC)nc1. The summed E-state index contributed by atoms with van der Waals surface area (Å²) >= 11 is 0. The first kappa shape index (κ1) is 17.5. The molecule has 0 aliphatic rings. The Balaban J connectivity index is 2.43. The molecule has 2 N–H and O–H groups in total. The summed E-state index contributed by atoms with van der Waals surface area (Å²) in [5.41, 5.74) is 0.627. The maximum absolute atomic E-state index is 12.1. The summed E-state index contributed by atoms with van der Waals surface area (Å²) in [5.74, 6) is 1.37. The van der Waals surface area contributed by atoms with Gasteiger partial charge in [-0.05, 0) is 30.9 Å². The van der Waals surface area contributed by atoms with E-state index in [1.54, 1.807) is 6.20 Å². The molecular formula is C17H29N3O. The van der Waals surface area contributed by atoms with Gasteiger partial charge in [-0.2, -0.15) is 0 Å². The number of hydrogen-bond donors (Lipinski definition) is 2. The molecule has 0 bridgehead atoms. The average molecular weight is 291 g/mol. The molecule has 1 aromatic rings.